The minimum atomic E-state index is -3.89. The quantitative estimate of drug-likeness (QED) is 0.645. The average Bonchev–Trinajstić information content (AvgIpc) is 3.16. The molecule has 2 heterocycles. The summed E-state index contributed by atoms with van der Waals surface area (Å²) in [4.78, 5) is 12.0. The van der Waals surface area contributed by atoms with Crippen LogP contribution in [0.15, 0.2) is 47.5 Å². The monoisotopic (exact) mass is 363 g/mol. The second-order valence-electron chi connectivity index (χ2n) is 5.00. The molecule has 9 heteroatoms. The van der Waals surface area contributed by atoms with Gasteiger partial charge in [0.05, 0.1) is 21.2 Å². The van der Waals surface area contributed by atoms with Gasteiger partial charge in [-0.15, -0.1) is 11.3 Å². The standard InChI is InChI=1S/C15H13N3O4S2/c1-9-4-2-3-5-13(9)24(21,22)18-11-8-12(10-6-7-16-17-10)23-14(11)15(19)20/h2-8,18H,1H3,(H,16,17)(H,19,20). The summed E-state index contributed by atoms with van der Waals surface area (Å²) < 4.78 is 27.5. The van der Waals surface area contributed by atoms with E-state index in [4.69, 9.17) is 0 Å². The van der Waals surface area contributed by atoms with Gasteiger partial charge in [0.25, 0.3) is 10.0 Å². The van der Waals surface area contributed by atoms with Gasteiger partial charge in [-0.1, -0.05) is 18.2 Å². The molecule has 124 valence electrons. The highest BCUT2D eigenvalue weighted by molar-refractivity contribution is 7.92. The topological polar surface area (TPSA) is 112 Å². The Labute approximate surface area is 142 Å². The van der Waals surface area contributed by atoms with Crippen molar-refractivity contribution in [2.24, 2.45) is 0 Å². The zero-order chi connectivity index (χ0) is 17.3. The highest BCUT2D eigenvalue weighted by atomic mass is 32.2. The number of hydrogen-bond acceptors (Lipinski definition) is 5. The van der Waals surface area contributed by atoms with E-state index in [0.717, 1.165) is 11.3 Å². The van der Waals surface area contributed by atoms with Crippen LogP contribution >= 0.6 is 11.3 Å². The number of H-pyrrole nitrogens is 1. The van der Waals surface area contributed by atoms with Crippen molar-refractivity contribution in [1.29, 1.82) is 0 Å². The number of aryl methyl sites for hydroxylation is 1. The minimum absolute atomic E-state index is 0.0281. The molecule has 0 saturated carbocycles. The van der Waals surface area contributed by atoms with E-state index in [2.05, 4.69) is 14.9 Å². The molecular weight excluding hydrogens is 350 g/mol. The SMILES string of the molecule is Cc1ccccc1S(=O)(=O)Nc1cc(-c2ccn[nH]2)sc1C(=O)O. The number of carboxylic acid groups (broad SMARTS) is 1. The zero-order valence-electron chi connectivity index (χ0n) is 12.5. The van der Waals surface area contributed by atoms with Crippen LogP contribution in [0.4, 0.5) is 5.69 Å². The maximum Gasteiger partial charge on any atom is 0.348 e. The number of benzene rings is 1. The lowest BCUT2D eigenvalue weighted by Crippen LogP contribution is -2.15. The van der Waals surface area contributed by atoms with Gasteiger partial charge < -0.3 is 5.11 Å². The number of anilines is 1. The highest BCUT2D eigenvalue weighted by Crippen LogP contribution is 2.35. The predicted octanol–water partition coefficient (Wildman–Crippen LogP) is 2.95. The summed E-state index contributed by atoms with van der Waals surface area (Å²) in [6.07, 6.45) is 1.53. The summed E-state index contributed by atoms with van der Waals surface area (Å²) in [7, 11) is -3.89. The van der Waals surface area contributed by atoms with E-state index in [1.807, 2.05) is 0 Å². The number of hydrogen-bond donors (Lipinski definition) is 3. The third kappa shape index (κ3) is 3.03. The van der Waals surface area contributed by atoms with Gasteiger partial charge in [-0.2, -0.15) is 5.10 Å². The second kappa shape index (κ2) is 6.10. The maximum atomic E-state index is 12.6. The number of nitrogens with zero attached hydrogens (tertiary/aromatic N) is 1. The molecule has 0 aliphatic rings. The smallest absolute Gasteiger partial charge is 0.348 e. The maximum absolute atomic E-state index is 12.6. The van der Waals surface area contributed by atoms with Crippen molar-refractivity contribution in [2.75, 3.05) is 4.72 Å². The van der Waals surface area contributed by atoms with Gasteiger partial charge in [0.15, 0.2) is 0 Å². The van der Waals surface area contributed by atoms with Crippen molar-refractivity contribution >= 4 is 33.0 Å². The molecule has 0 amide bonds. The number of nitrogens with one attached hydrogen (secondary N) is 2. The van der Waals surface area contributed by atoms with Crippen LogP contribution in [-0.4, -0.2) is 29.7 Å². The van der Waals surface area contributed by atoms with Crippen molar-refractivity contribution < 1.29 is 18.3 Å². The zero-order valence-corrected chi connectivity index (χ0v) is 14.1. The molecule has 0 radical (unpaired) electrons. The van der Waals surface area contributed by atoms with Crippen molar-refractivity contribution in [3.05, 3.63) is 53.0 Å². The molecule has 0 aliphatic heterocycles. The van der Waals surface area contributed by atoms with Gasteiger partial charge in [-0.05, 0) is 30.7 Å². The number of rotatable bonds is 5. The van der Waals surface area contributed by atoms with Crippen LogP contribution < -0.4 is 4.72 Å². The Balaban J connectivity index is 2.03. The second-order valence-corrected chi connectivity index (χ2v) is 7.70. The number of sulfonamides is 1. The third-order valence-corrected chi connectivity index (χ3v) is 6.00. The Bertz CT molecular complexity index is 992. The van der Waals surface area contributed by atoms with Gasteiger partial charge in [-0.25, -0.2) is 13.2 Å². The van der Waals surface area contributed by atoms with Crippen molar-refractivity contribution in [3.8, 4) is 10.6 Å². The number of aromatic amines is 1. The molecule has 0 atom stereocenters. The van der Waals surface area contributed by atoms with Gasteiger partial charge in [0.2, 0.25) is 0 Å². The Hall–Kier alpha value is -2.65. The summed E-state index contributed by atoms with van der Waals surface area (Å²) in [6, 6.07) is 9.66. The molecule has 3 aromatic rings. The Kier molecular flexibility index (Phi) is 4.12. The molecule has 0 fully saturated rings. The molecule has 0 saturated heterocycles. The van der Waals surface area contributed by atoms with Gasteiger partial charge in [-0.3, -0.25) is 9.82 Å². The van der Waals surface area contributed by atoms with Gasteiger partial charge in [0.1, 0.15) is 4.88 Å². The summed E-state index contributed by atoms with van der Waals surface area (Å²) in [5.41, 5.74) is 1.22. The summed E-state index contributed by atoms with van der Waals surface area (Å²) in [5, 5.41) is 15.9. The van der Waals surface area contributed by atoms with E-state index < -0.39 is 16.0 Å². The molecule has 1 aromatic carbocycles. The predicted molar refractivity (Wildman–Crippen MR) is 90.8 cm³/mol. The van der Waals surface area contributed by atoms with Gasteiger partial charge in [0, 0.05) is 6.20 Å². The summed E-state index contributed by atoms with van der Waals surface area (Å²) in [5.74, 6) is -1.20. The largest absolute Gasteiger partial charge is 0.477 e. The normalized spacial score (nSPS) is 11.4. The van der Waals surface area contributed by atoms with E-state index in [1.165, 1.54) is 18.3 Å². The van der Waals surface area contributed by atoms with Crippen molar-refractivity contribution in [3.63, 3.8) is 0 Å². The van der Waals surface area contributed by atoms with E-state index >= 15 is 0 Å². The average molecular weight is 363 g/mol. The van der Waals surface area contributed by atoms with E-state index in [-0.39, 0.29) is 15.5 Å². The molecule has 0 bridgehead atoms. The molecule has 7 nitrogen and oxygen atoms in total. The summed E-state index contributed by atoms with van der Waals surface area (Å²) >= 11 is 0.968. The van der Waals surface area contributed by atoms with E-state index in [1.54, 1.807) is 31.2 Å². The lowest BCUT2D eigenvalue weighted by atomic mass is 10.2. The lowest BCUT2D eigenvalue weighted by molar-refractivity contribution is 0.0703. The molecule has 3 rings (SSSR count). The number of aromatic carboxylic acids is 1. The number of carbonyl (C=O) groups is 1. The molecule has 2 aromatic heterocycles. The van der Waals surface area contributed by atoms with Crippen molar-refractivity contribution in [1.82, 2.24) is 10.2 Å². The fourth-order valence-electron chi connectivity index (χ4n) is 2.21. The van der Waals surface area contributed by atoms with E-state index in [0.29, 0.717) is 16.1 Å². The van der Waals surface area contributed by atoms with Crippen LogP contribution in [0.5, 0.6) is 0 Å². The lowest BCUT2D eigenvalue weighted by Gasteiger charge is -2.09. The molecule has 3 N–H and O–H groups in total. The summed E-state index contributed by atoms with van der Waals surface area (Å²) in [6.45, 7) is 1.68. The molecular formula is C15H13N3O4S2. The fraction of sp³-hybridized carbons (Fsp3) is 0.0667. The van der Waals surface area contributed by atoms with Gasteiger partial charge >= 0.3 is 5.97 Å². The molecule has 0 unspecified atom stereocenters. The number of thiophene rings is 1. The van der Waals surface area contributed by atoms with Crippen LogP contribution in [0.3, 0.4) is 0 Å². The first-order valence-electron chi connectivity index (χ1n) is 6.84. The van der Waals surface area contributed by atoms with Crippen LogP contribution in [-0.2, 0) is 10.0 Å². The molecule has 0 aliphatic carbocycles. The number of carboxylic acids is 1. The number of aromatic nitrogens is 2. The fourth-order valence-corrected chi connectivity index (χ4v) is 4.51. The van der Waals surface area contributed by atoms with E-state index in [9.17, 15) is 18.3 Å². The molecule has 0 spiro atoms. The first-order chi connectivity index (χ1) is 11.4. The highest BCUT2D eigenvalue weighted by Gasteiger charge is 2.23. The van der Waals surface area contributed by atoms with Crippen LogP contribution in [0.25, 0.3) is 10.6 Å². The third-order valence-electron chi connectivity index (χ3n) is 3.32. The Morgan fingerprint density at radius 2 is 2.04 bits per heavy atom. The first kappa shape index (κ1) is 16.2. The minimum Gasteiger partial charge on any atom is -0.477 e. The van der Waals surface area contributed by atoms with Crippen molar-refractivity contribution in [2.45, 2.75) is 11.8 Å². The molecule has 24 heavy (non-hydrogen) atoms. The van der Waals surface area contributed by atoms with Crippen LogP contribution in [0.2, 0.25) is 0 Å². The Morgan fingerprint density at radius 1 is 1.29 bits per heavy atom. The van der Waals surface area contributed by atoms with Crippen LogP contribution in [0, 0.1) is 6.92 Å². The first-order valence-corrected chi connectivity index (χ1v) is 9.14. The Morgan fingerprint density at radius 3 is 2.67 bits per heavy atom. The van der Waals surface area contributed by atoms with Crippen LogP contribution in [0.1, 0.15) is 15.2 Å².